The van der Waals surface area contributed by atoms with Crippen LogP contribution >= 0.6 is 12.6 Å². The van der Waals surface area contributed by atoms with E-state index in [4.69, 9.17) is 19.7 Å². The second kappa shape index (κ2) is 20.3. The van der Waals surface area contributed by atoms with Gasteiger partial charge in [0.15, 0.2) is 11.5 Å². The first-order valence-corrected chi connectivity index (χ1v) is 14.2. The highest BCUT2D eigenvalue weighted by Gasteiger charge is 2.49. The molecule has 2 aromatic carbocycles. The molecule has 3 atom stereocenters. The summed E-state index contributed by atoms with van der Waals surface area (Å²) in [5.74, 6) is 3.30. The molecular weight excluding hydrogens is 530 g/mol. The van der Waals surface area contributed by atoms with Gasteiger partial charge in [-0.3, -0.25) is 4.90 Å². The van der Waals surface area contributed by atoms with E-state index in [1.807, 2.05) is 18.9 Å². The van der Waals surface area contributed by atoms with Crippen LogP contribution in [0.5, 0.6) is 11.5 Å². The minimum atomic E-state index is 0. The van der Waals surface area contributed by atoms with Crippen LogP contribution in [0.4, 0.5) is 0 Å². The molecule has 1 unspecified atom stereocenters. The Morgan fingerprint density at radius 3 is 2.51 bits per heavy atom. The maximum atomic E-state index is 8.00. The fraction of sp³-hybridized carbons (Fsp3) is 0.529. The number of carbonyl (C=O) groups is 1. The Bertz CT molecular complexity index is 1040. The van der Waals surface area contributed by atoms with Crippen molar-refractivity contribution in [3.05, 3.63) is 59.7 Å². The van der Waals surface area contributed by atoms with Crippen molar-refractivity contribution in [3.8, 4) is 11.5 Å². The fourth-order valence-electron chi connectivity index (χ4n) is 5.66. The molecule has 1 aliphatic carbocycles. The number of nitrogens with zero attached hydrogens (tertiary/aromatic N) is 1. The number of hydrogen-bond donors (Lipinski definition) is 3. The Morgan fingerprint density at radius 2 is 1.83 bits per heavy atom. The second-order valence-corrected chi connectivity index (χ2v) is 11.1. The van der Waals surface area contributed by atoms with E-state index in [0.717, 1.165) is 53.4 Å². The highest BCUT2D eigenvalue weighted by molar-refractivity contribution is 7.80. The standard InChI is InChI=1S/C30H42N2O2S.CH3N.CH2O.2CH4.H2/c1-30(22-31-16-7-12-24-11-6-13-27(33-2)29(24)34-3)20-26(30)19-23-9-8-17-32(18-15-23)21-25-10-4-5-14-28(25)35;2*1-2;;;/h4-7,10-14,23,26,31,35H,8-9,15-22H2,1-3H3;2H,1H2;1H2;2*1H4;1H/b12-7+;;;;;/t23?,26-,30+;;;;;/m0...../s1. The van der Waals surface area contributed by atoms with Crippen LogP contribution in [0.15, 0.2) is 53.4 Å². The van der Waals surface area contributed by atoms with Crippen molar-refractivity contribution in [3.63, 3.8) is 0 Å². The second-order valence-electron chi connectivity index (χ2n) is 10.6. The van der Waals surface area contributed by atoms with E-state index in [0.29, 0.717) is 5.41 Å². The number of para-hydroxylation sites is 1. The largest absolute Gasteiger partial charge is 0.493 e. The van der Waals surface area contributed by atoms with Crippen LogP contribution in [0.25, 0.3) is 6.08 Å². The Morgan fingerprint density at radius 1 is 1.10 bits per heavy atom. The summed E-state index contributed by atoms with van der Waals surface area (Å²) in [7, 11) is 3.36. The number of hydrogen-bond acceptors (Lipinski definition) is 7. The highest BCUT2D eigenvalue weighted by Crippen LogP contribution is 2.55. The zero-order valence-corrected chi connectivity index (χ0v) is 24.8. The number of thiol groups is 1. The fourth-order valence-corrected chi connectivity index (χ4v) is 5.90. The molecule has 232 valence electrons. The average Bonchev–Trinajstić information content (AvgIpc) is 3.67. The lowest BCUT2D eigenvalue weighted by Gasteiger charge is -2.21. The first-order valence-electron chi connectivity index (χ1n) is 13.7. The molecule has 4 rings (SSSR count). The van der Waals surface area contributed by atoms with Gasteiger partial charge in [0.1, 0.15) is 6.79 Å². The van der Waals surface area contributed by atoms with Gasteiger partial charge in [-0.1, -0.05) is 64.3 Å². The summed E-state index contributed by atoms with van der Waals surface area (Å²) in [4.78, 5) is 11.7. The number of carbonyl (C=O) groups excluding carboxylic acids is 1. The smallest absolute Gasteiger partial charge is 0.167 e. The van der Waals surface area contributed by atoms with Crippen molar-refractivity contribution in [1.29, 1.82) is 5.41 Å². The van der Waals surface area contributed by atoms with E-state index < -0.39 is 0 Å². The number of nitrogens with one attached hydrogen (secondary N) is 2. The zero-order valence-electron chi connectivity index (χ0n) is 24.0. The van der Waals surface area contributed by atoms with Crippen LogP contribution in [-0.4, -0.2) is 58.8 Å². The third-order valence-electron chi connectivity index (χ3n) is 8.00. The highest BCUT2D eigenvalue weighted by atomic mass is 32.1. The summed E-state index contributed by atoms with van der Waals surface area (Å²) in [6, 6.07) is 14.5. The summed E-state index contributed by atoms with van der Waals surface area (Å²) in [6.45, 7) is 12.4. The molecule has 41 heavy (non-hydrogen) atoms. The van der Waals surface area contributed by atoms with E-state index in [2.05, 4.69) is 79.0 Å². The van der Waals surface area contributed by atoms with Crippen molar-refractivity contribution >= 4 is 32.2 Å². The molecule has 0 aromatic heterocycles. The quantitative estimate of drug-likeness (QED) is 0.141. The summed E-state index contributed by atoms with van der Waals surface area (Å²) in [5.41, 5.74) is 2.86. The minimum Gasteiger partial charge on any atom is -0.493 e. The van der Waals surface area contributed by atoms with Crippen molar-refractivity contribution in [2.24, 2.45) is 17.3 Å². The van der Waals surface area contributed by atoms with E-state index in [1.165, 1.54) is 50.8 Å². The van der Waals surface area contributed by atoms with Gasteiger partial charge in [-0.2, -0.15) is 0 Å². The van der Waals surface area contributed by atoms with Crippen LogP contribution in [0.2, 0.25) is 0 Å². The summed E-state index contributed by atoms with van der Waals surface area (Å²) >= 11 is 4.64. The van der Waals surface area contributed by atoms with Gasteiger partial charge in [-0.05, 0) is 86.9 Å². The summed E-state index contributed by atoms with van der Waals surface area (Å²) < 4.78 is 10.9. The molecule has 1 aliphatic heterocycles. The third kappa shape index (κ3) is 11.7. The number of rotatable bonds is 11. The summed E-state index contributed by atoms with van der Waals surface area (Å²) in [5, 5.41) is 9.17. The molecule has 2 N–H and O–H groups in total. The Balaban J connectivity index is 0. The Labute approximate surface area is 257 Å². The first-order chi connectivity index (χ1) is 19.0. The van der Waals surface area contributed by atoms with E-state index in [-0.39, 0.29) is 16.3 Å². The molecule has 2 aliphatic rings. The SMILES string of the molecule is C.C.C=N.C=O.COc1cccc(/C=C/CNC[C@@]2(C)C[C@@H]2CC2CCCN(Cc3ccccc3S)CC2)c1OC.[HH]. The van der Waals surface area contributed by atoms with E-state index in [1.54, 1.807) is 14.2 Å². The van der Waals surface area contributed by atoms with E-state index >= 15 is 0 Å². The number of benzene rings is 2. The lowest BCUT2D eigenvalue weighted by molar-refractivity contribution is -0.0980. The molecular formula is C34H57N3O3S. The predicted molar refractivity (Wildman–Crippen MR) is 181 cm³/mol. The summed E-state index contributed by atoms with van der Waals surface area (Å²) in [6.07, 6.45) is 11.1. The van der Waals surface area contributed by atoms with Crippen molar-refractivity contribution in [2.45, 2.75) is 65.3 Å². The number of methoxy groups -OCH3 is 2. The minimum absolute atomic E-state index is 0. The number of likely N-dealkylation sites (tertiary alicyclic amines) is 1. The van der Waals surface area contributed by atoms with Crippen LogP contribution in [-0.2, 0) is 11.3 Å². The molecule has 7 heteroatoms. The number of ether oxygens (including phenoxy) is 2. The van der Waals surface area contributed by atoms with E-state index in [9.17, 15) is 0 Å². The van der Waals surface area contributed by atoms with Gasteiger partial charge in [0.25, 0.3) is 0 Å². The van der Waals surface area contributed by atoms with Crippen LogP contribution in [0.3, 0.4) is 0 Å². The van der Waals surface area contributed by atoms with Gasteiger partial charge in [0, 0.05) is 31.5 Å². The molecule has 2 aromatic rings. The molecule has 1 heterocycles. The zero-order chi connectivity index (χ0) is 28.7. The van der Waals surface area contributed by atoms with Gasteiger partial charge >= 0.3 is 0 Å². The topological polar surface area (TPSA) is 74.7 Å². The molecule has 0 bridgehead atoms. The van der Waals surface area contributed by atoms with Crippen LogP contribution < -0.4 is 14.8 Å². The Hall–Kier alpha value is -2.61. The van der Waals surface area contributed by atoms with Gasteiger partial charge in [-0.15, -0.1) is 12.6 Å². The van der Waals surface area contributed by atoms with Gasteiger partial charge < -0.3 is 25.0 Å². The molecule has 0 radical (unpaired) electrons. The molecule has 1 saturated heterocycles. The molecule has 0 amide bonds. The van der Waals surface area contributed by atoms with Crippen LogP contribution in [0, 0.1) is 22.7 Å². The van der Waals surface area contributed by atoms with Crippen molar-refractivity contribution in [1.82, 2.24) is 10.2 Å². The molecule has 0 spiro atoms. The van der Waals surface area contributed by atoms with Gasteiger partial charge in [0.05, 0.1) is 14.2 Å². The lowest BCUT2D eigenvalue weighted by atomic mass is 9.91. The lowest BCUT2D eigenvalue weighted by Crippen LogP contribution is -2.25. The van der Waals surface area contributed by atoms with Crippen molar-refractivity contribution < 1.29 is 15.7 Å². The maximum Gasteiger partial charge on any atom is 0.167 e. The maximum absolute atomic E-state index is 8.00. The van der Waals surface area contributed by atoms with Gasteiger partial charge in [0.2, 0.25) is 0 Å². The van der Waals surface area contributed by atoms with Crippen molar-refractivity contribution in [2.75, 3.05) is 40.4 Å². The predicted octanol–water partition coefficient (Wildman–Crippen LogP) is 7.91. The molecule has 1 saturated carbocycles. The first kappa shape index (κ1) is 38.4. The monoisotopic (exact) mass is 587 g/mol. The average molecular weight is 588 g/mol. The third-order valence-corrected chi connectivity index (χ3v) is 8.44. The van der Waals surface area contributed by atoms with Crippen LogP contribution in [0.1, 0.15) is 66.4 Å². The Kier molecular flexibility index (Phi) is 19.0. The molecule has 6 nitrogen and oxygen atoms in total. The normalized spacial score (nSPS) is 21.5. The van der Waals surface area contributed by atoms with Gasteiger partial charge in [-0.25, -0.2) is 0 Å². The molecule has 2 fully saturated rings.